The molecule has 1 N–H and O–H groups in total. The lowest BCUT2D eigenvalue weighted by Crippen LogP contribution is -2.47. The van der Waals surface area contributed by atoms with Crippen molar-refractivity contribution in [2.24, 2.45) is 0 Å². The van der Waals surface area contributed by atoms with Crippen LogP contribution < -0.4 is 10.1 Å². The molecule has 0 aliphatic rings. The quantitative estimate of drug-likeness (QED) is 0.806. The van der Waals surface area contributed by atoms with Crippen molar-refractivity contribution in [3.05, 3.63) is 29.3 Å². The molecule has 0 aliphatic heterocycles. The lowest BCUT2D eigenvalue weighted by Gasteiger charge is -2.25. The average Bonchev–Trinajstić information content (AvgIpc) is 2.43. The third kappa shape index (κ3) is 7.06. The molecule has 0 spiro atoms. The van der Waals surface area contributed by atoms with Crippen LogP contribution in [0.15, 0.2) is 24.3 Å². The van der Waals surface area contributed by atoms with Crippen LogP contribution in [0.3, 0.4) is 0 Å². The van der Waals surface area contributed by atoms with Gasteiger partial charge < -0.3 is 10.1 Å². The van der Waals surface area contributed by atoms with Crippen LogP contribution in [0.2, 0.25) is 5.02 Å². The Hall–Kier alpha value is -0.870. The van der Waals surface area contributed by atoms with Gasteiger partial charge >= 0.3 is 0 Å². The molecule has 114 valence electrons. The molecule has 0 heterocycles. The van der Waals surface area contributed by atoms with E-state index in [4.69, 9.17) is 16.3 Å². The number of amides is 1. The lowest BCUT2D eigenvalue weighted by molar-refractivity contribution is -0.134. The SMILES string of the molecule is CC.CSCCNC(=O)C(C)(C)Oc1ccc(Cl)cc1. The molecule has 1 aromatic rings. The molecule has 0 unspecified atom stereocenters. The predicted octanol–water partition coefficient (Wildman–Crippen LogP) is 4.00. The molecular weight excluding hydrogens is 294 g/mol. The summed E-state index contributed by atoms with van der Waals surface area (Å²) in [5.74, 6) is 1.40. The van der Waals surface area contributed by atoms with E-state index in [1.807, 2.05) is 20.1 Å². The van der Waals surface area contributed by atoms with Gasteiger partial charge in [-0.05, 0) is 44.4 Å². The van der Waals surface area contributed by atoms with Crippen LogP contribution in [-0.4, -0.2) is 30.1 Å². The van der Waals surface area contributed by atoms with E-state index in [-0.39, 0.29) is 5.91 Å². The minimum absolute atomic E-state index is 0.119. The normalized spacial score (nSPS) is 10.3. The topological polar surface area (TPSA) is 38.3 Å². The minimum atomic E-state index is -0.897. The Kier molecular flexibility index (Phi) is 9.51. The zero-order valence-electron chi connectivity index (χ0n) is 12.8. The van der Waals surface area contributed by atoms with Crippen molar-refractivity contribution in [1.29, 1.82) is 0 Å². The molecule has 5 heteroatoms. The van der Waals surface area contributed by atoms with Crippen LogP contribution in [0.25, 0.3) is 0 Å². The Bertz CT molecular complexity index is 393. The van der Waals surface area contributed by atoms with Gasteiger partial charge in [-0.25, -0.2) is 0 Å². The molecular formula is C15H24ClNO2S. The Labute approximate surface area is 131 Å². The van der Waals surface area contributed by atoms with Gasteiger partial charge in [0.1, 0.15) is 5.75 Å². The van der Waals surface area contributed by atoms with E-state index < -0.39 is 5.60 Å². The summed E-state index contributed by atoms with van der Waals surface area (Å²) in [6.07, 6.45) is 2.00. The Balaban J connectivity index is 0.00000172. The molecule has 0 saturated carbocycles. The van der Waals surface area contributed by atoms with Gasteiger partial charge in [0.05, 0.1) is 0 Å². The number of carbonyl (C=O) groups is 1. The Morgan fingerprint density at radius 3 is 2.35 bits per heavy atom. The van der Waals surface area contributed by atoms with Gasteiger partial charge in [-0.2, -0.15) is 11.8 Å². The monoisotopic (exact) mass is 317 g/mol. The molecule has 0 atom stereocenters. The average molecular weight is 318 g/mol. The number of hydrogen-bond donors (Lipinski definition) is 1. The fourth-order valence-corrected chi connectivity index (χ4v) is 1.76. The number of carbonyl (C=O) groups excluding carboxylic acids is 1. The molecule has 3 nitrogen and oxygen atoms in total. The highest BCUT2D eigenvalue weighted by molar-refractivity contribution is 7.98. The maximum Gasteiger partial charge on any atom is 0.263 e. The second-order valence-corrected chi connectivity index (χ2v) is 5.74. The first kappa shape index (κ1) is 19.1. The summed E-state index contributed by atoms with van der Waals surface area (Å²) in [4.78, 5) is 11.9. The minimum Gasteiger partial charge on any atom is -0.478 e. The fourth-order valence-electron chi connectivity index (χ4n) is 1.32. The van der Waals surface area contributed by atoms with E-state index in [1.165, 1.54) is 0 Å². The summed E-state index contributed by atoms with van der Waals surface area (Å²) in [5.41, 5.74) is -0.897. The van der Waals surface area contributed by atoms with Crippen LogP contribution in [-0.2, 0) is 4.79 Å². The summed E-state index contributed by atoms with van der Waals surface area (Å²) in [7, 11) is 0. The van der Waals surface area contributed by atoms with Crippen molar-refractivity contribution in [1.82, 2.24) is 5.32 Å². The first-order valence-electron chi connectivity index (χ1n) is 6.67. The van der Waals surface area contributed by atoms with Crippen molar-refractivity contribution in [3.63, 3.8) is 0 Å². The van der Waals surface area contributed by atoms with Gasteiger partial charge in [-0.1, -0.05) is 25.4 Å². The van der Waals surface area contributed by atoms with Crippen LogP contribution in [0.5, 0.6) is 5.75 Å². The van der Waals surface area contributed by atoms with Crippen LogP contribution in [0.1, 0.15) is 27.7 Å². The number of benzene rings is 1. The number of rotatable bonds is 6. The van der Waals surface area contributed by atoms with Crippen molar-refractivity contribution in [2.45, 2.75) is 33.3 Å². The molecule has 1 aromatic carbocycles. The van der Waals surface area contributed by atoms with Crippen LogP contribution in [0.4, 0.5) is 0 Å². The molecule has 0 bridgehead atoms. The zero-order chi connectivity index (χ0) is 15.6. The second kappa shape index (κ2) is 9.94. The van der Waals surface area contributed by atoms with Crippen LogP contribution in [0, 0.1) is 0 Å². The van der Waals surface area contributed by atoms with Gasteiger partial charge in [0.15, 0.2) is 5.60 Å². The highest BCUT2D eigenvalue weighted by Crippen LogP contribution is 2.20. The van der Waals surface area contributed by atoms with Crippen molar-refractivity contribution in [3.8, 4) is 5.75 Å². The Morgan fingerprint density at radius 2 is 1.85 bits per heavy atom. The van der Waals surface area contributed by atoms with E-state index in [1.54, 1.807) is 49.9 Å². The first-order valence-corrected chi connectivity index (χ1v) is 8.45. The number of ether oxygens (including phenoxy) is 1. The van der Waals surface area contributed by atoms with E-state index in [2.05, 4.69) is 5.32 Å². The van der Waals surface area contributed by atoms with Gasteiger partial charge in [0, 0.05) is 17.3 Å². The molecule has 1 amide bonds. The molecule has 0 saturated heterocycles. The van der Waals surface area contributed by atoms with Crippen LogP contribution >= 0.6 is 23.4 Å². The smallest absolute Gasteiger partial charge is 0.263 e. The lowest BCUT2D eigenvalue weighted by atomic mass is 10.1. The molecule has 0 radical (unpaired) electrons. The summed E-state index contributed by atoms with van der Waals surface area (Å²) < 4.78 is 5.67. The van der Waals surface area contributed by atoms with Gasteiger partial charge in [-0.15, -0.1) is 0 Å². The molecule has 0 aliphatic carbocycles. The Morgan fingerprint density at radius 1 is 1.30 bits per heavy atom. The predicted molar refractivity (Wildman–Crippen MR) is 88.9 cm³/mol. The summed E-state index contributed by atoms with van der Waals surface area (Å²) in [6, 6.07) is 6.97. The third-order valence-corrected chi connectivity index (χ3v) is 3.19. The highest BCUT2D eigenvalue weighted by Gasteiger charge is 2.29. The number of halogens is 1. The zero-order valence-corrected chi connectivity index (χ0v) is 14.4. The largest absolute Gasteiger partial charge is 0.478 e. The highest BCUT2D eigenvalue weighted by atomic mass is 35.5. The van der Waals surface area contributed by atoms with Crippen molar-refractivity contribution >= 4 is 29.3 Å². The fraction of sp³-hybridized carbons (Fsp3) is 0.533. The van der Waals surface area contributed by atoms with Gasteiger partial charge in [0.2, 0.25) is 0 Å². The van der Waals surface area contributed by atoms with E-state index in [9.17, 15) is 4.79 Å². The molecule has 20 heavy (non-hydrogen) atoms. The van der Waals surface area contributed by atoms with E-state index in [0.29, 0.717) is 17.3 Å². The molecule has 0 fully saturated rings. The maximum absolute atomic E-state index is 11.9. The first-order chi connectivity index (χ1) is 9.45. The van der Waals surface area contributed by atoms with Gasteiger partial charge in [-0.3, -0.25) is 4.79 Å². The third-order valence-electron chi connectivity index (χ3n) is 2.33. The van der Waals surface area contributed by atoms with Gasteiger partial charge in [0.25, 0.3) is 5.91 Å². The summed E-state index contributed by atoms with van der Waals surface area (Å²) in [6.45, 7) is 8.14. The summed E-state index contributed by atoms with van der Waals surface area (Å²) >= 11 is 7.48. The number of thioether (sulfide) groups is 1. The maximum atomic E-state index is 11.9. The van der Waals surface area contributed by atoms with E-state index in [0.717, 1.165) is 5.75 Å². The van der Waals surface area contributed by atoms with Crippen molar-refractivity contribution < 1.29 is 9.53 Å². The summed E-state index contributed by atoms with van der Waals surface area (Å²) in [5, 5.41) is 3.49. The number of hydrogen-bond acceptors (Lipinski definition) is 3. The van der Waals surface area contributed by atoms with Crippen molar-refractivity contribution in [2.75, 3.05) is 18.6 Å². The number of nitrogens with one attached hydrogen (secondary N) is 1. The standard InChI is InChI=1S/C13H18ClNO2S.C2H6/c1-13(2,12(16)15-8-9-18-3)17-11-6-4-10(14)5-7-11;1-2/h4-7H,8-9H2,1-3H3,(H,15,16);1-2H3. The van der Waals surface area contributed by atoms with E-state index >= 15 is 0 Å². The molecule has 0 aromatic heterocycles. The molecule has 1 rings (SSSR count). The second-order valence-electron chi connectivity index (χ2n) is 4.31.